The van der Waals surface area contributed by atoms with Gasteiger partial charge in [0.25, 0.3) is 0 Å². The second-order valence-electron chi connectivity index (χ2n) is 5.33. The van der Waals surface area contributed by atoms with E-state index in [2.05, 4.69) is 12.1 Å². The van der Waals surface area contributed by atoms with E-state index in [9.17, 15) is 4.79 Å². The molecule has 1 aliphatic carbocycles. The maximum Gasteiger partial charge on any atom is 0.226 e. The second-order valence-corrected chi connectivity index (χ2v) is 5.33. The minimum Gasteiger partial charge on any atom is -0.338 e. The van der Waals surface area contributed by atoms with Gasteiger partial charge >= 0.3 is 0 Å². The Kier molecular flexibility index (Phi) is 2.87. The van der Waals surface area contributed by atoms with Gasteiger partial charge in [0.1, 0.15) is 0 Å². The molecule has 17 heavy (non-hydrogen) atoms. The molecule has 2 nitrogen and oxygen atoms in total. The molecule has 1 amide bonds. The lowest BCUT2D eigenvalue weighted by Crippen LogP contribution is -2.32. The summed E-state index contributed by atoms with van der Waals surface area (Å²) in [6, 6.07) is 10.3. The number of rotatable bonds is 3. The van der Waals surface area contributed by atoms with E-state index in [1.807, 2.05) is 23.1 Å². The molecule has 1 heterocycles. The summed E-state index contributed by atoms with van der Waals surface area (Å²) < 4.78 is 0. The molecule has 0 N–H and O–H groups in total. The Balaban J connectivity index is 1.64. The van der Waals surface area contributed by atoms with E-state index in [1.54, 1.807) is 0 Å². The van der Waals surface area contributed by atoms with Crippen LogP contribution in [0, 0.1) is 11.8 Å². The molecule has 1 aromatic rings. The molecule has 1 unspecified atom stereocenters. The smallest absolute Gasteiger partial charge is 0.226 e. The quantitative estimate of drug-likeness (QED) is 0.780. The van der Waals surface area contributed by atoms with E-state index in [0.717, 1.165) is 19.5 Å². The maximum absolute atomic E-state index is 12.3. The highest BCUT2D eigenvalue weighted by molar-refractivity contribution is 5.81. The van der Waals surface area contributed by atoms with Gasteiger partial charge in [0.2, 0.25) is 5.91 Å². The number of hydrogen-bond acceptors (Lipinski definition) is 1. The van der Waals surface area contributed by atoms with Gasteiger partial charge in [0.15, 0.2) is 0 Å². The Labute approximate surface area is 103 Å². The first kappa shape index (κ1) is 10.8. The predicted octanol–water partition coefficient (Wildman–Crippen LogP) is 2.84. The molecule has 2 heteroatoms. The molecule has 0 bridgehead atoms. The van der Waals surface area contributed by atoms with E-state index in [1.165, 1.54) is 24.8 Å². The Bertz CT molecular complexity index is 397. The highest BCUT2D eigenvalue weighted by Crippen LogP contribution is 2.39. The first-order valence-electron chi connectivity index (χ1n) is 6.67. The third-order valence-corrected chi connectivity index (χ3v) is 4.27. The molecule has 1 aromatic carbocycles. The second kappa shape index (κ2) is 4.52. The summed E-state index contributed by atoms with van der Waals surface area (Å²) in [5.41, 5.74) is 1.25. The summed E-state index contributed by atoms with van der Waals surface area (Å²) in [4.78, 5) is 14.3. The van der Waals surface area contributed by atoms with Crippen molar-refractivity contribution in [2.24, 2.45) is 11.8 Å². The number of likely N-dealkylation sites (tertiary alicyclic amines) is 1. The number of benzene rings is 1. The van der Waals surface area contributed by atoms with Gasteiger partial charge in [-0.2, -0.15) is 0 Å². The normalized spacial score (nSPS) is 25.1. The van der Waals surface area contributed by atoms with Gasteiger partial charge in [-0.25, -0.2) is 0 Å². The van der Waals surface area contributed by atoms with Crippen molar-refractivity contribution in [3.8, 4) is 0 Å². The number of amides is 1. The molecule has 3 rings (SSSR count). The average molecular weight is 229 g/mol. The van der Waals surface area contributed by atoms with E-state index in [4.69, 9.17) is 0 Å². The molecule has 1 saturated carbocycles. The van der Waals surface area contributed by atoms with Gasteiger partial charge in [0, 0.05) is 19.0 Å². The molecule has 2 aliphatic rings. The summed E-state index contributed by atoms with van der Waals surface area (Å²) in [5.74, 6) is 1.44. The molecule has 0 spiro atoms. The van der Waals surface area contributed by atoms with Crippen LogP contribution in [0.25, 0.3) is 0 Å². The molecule has 1 saturated heterocycles. The van der Waals surface area contributed by atoms with Gasteiger partial charge < -0.3 is 4.90 Å². The first-order valence-corrected chi connectivity index (χ1v) is 6.67. The molecular formula is C15H19NO. The lowest BCUT2D eigenvalue weighted by Gasteiger charge is -2.30. The van der Waals surface area contributed by atoms with Crippen molar-refractivity contribution >= 4 is 5.91 Å². The van der Waals surface area contributed by atoms with Crippen molar-refractivity contribution in [2.75, 3.05) is 6.54 Å². The van der Waals surface area contributed by atoms with Crippen LogP contribution < -0.4 is 0 Å². The van der Waals surface area contributed by atoms with Crippen LogP contribution in [0.3, 0.4) is 0 Å². The van der Waals surface area contributed by atoms with E-state index in [0.29, 0.717) is 17.7 Å². The van der Waals surface area contributed by atoms with Crippen LogP contribution in [0.4, 0.5) is 0 Å². The number of nitrogens with zero attached hydrogens (tertiary/aromatic N) is 1. The molecule has 1 aliphatic heterocycles. The van der Waals surface area contributed by atoms with Crippen LogP contribution >= 0.6 is 0 Å². The summed E-state index contributed by atoms with van der Waals surface area (Å²) in [7, 11) is 0. The fourth-order valence-corrected chi connectivity index (χ4v) is 3.00. The Morgan fingerprint density at radius 3 is 2.53 bits per heavy atom. The summed E-state index contributed by atoms with van der Waals surface area (Å²) in [6.45, 7) is 1.75. The minimum atomic E-state index is 0.340. The van der Waals surface area contributed by atoms with E-state index in [-0.39, 0.29) is 0 Å². The molecule has 2 fully saturated rings. The number of carbonyl (C=O) groups is 1. The zero-order valence-corrected chi connectivity index (χ0v) is 10.1. The monoisotopic (exact) mass is 229 g/mol. The fraction of sp³-hybridized carbons (Fsp3) is 0.533. The summed E-state index contributed by atoms with van der Waals surface area (Å²) >= 11 is 0. The SMILES string of the molecule is O=C1C(C2CCC2)CCN1Cc1ccccc1. The van der Waals surface area contributed by atoms with Crippen molar-refractivity contribution in [3.63, 3.8) is 0 Å². The molecule has 0 radical (unpaired) electrons. The van der Waals surface area contributed by atoms with Gasteiger partial charge in [-0.15, -0.1) is 0 Å². The molecule has 1 atom stereocenters. The van der Waals surface area contributed by atoms with E-state index < -0.39 is 0 Å². The highest BCUT2D eigenvalue weighted by Gasteiger charge is 2.39. The van der Waals surface area contributed by atoms with Crippen molar-refractivity contribution in [2.45, 2.75) is 32.2 Å². The van der Waals surface area contributed by atoms with Gasteiger partial charge in [-0.1, -0.05) is 36.8 Å². The van der Waals surface area contributed by atoms with Crippen LogP contribution in [0.15, 0.2) is 30.3 Å². The van der Waals surface area contributed by atoms with Crippen molar-refractivity contribution in [3.05, 3.63) is 35.9 Å². The van der Waals surface area contributed by atoms with Gasteiger partial charge in [0.05, 0.1) is 0 Å². The van der Waals surface area contributed by atoms with E-state index >= 15 is 0 Å². The standard InChI is InChI=1S/C15H19NO/c17-15-14(13-7-4-8-13)9-10-16(15)11-12-5-2-1-3-6-12/h1-3,5-6,13-14H,4,7-11H2. The van der Waals surface area contributed by atoms with Gasteiger partial charge in [-0.05, 0) is 30.7 Å². The Morgan fingerprint density at radius 1 is 1.12 bits per heavy atom. The van der Waals surface area contributed by atoms with Crippen molar-refractivity contribution in [1.29, 1.82) is 0 Å². The third kappa shape index (κ3) is 2.08. The summed E-state index contributed by atoms with van der Waals surface area (Å²) in [5, 5.41) is 0. The highest BCUT2D eigenvalue weighted by atomic mass is 16.2. The fourth-order valence-electron chi connectivity index (χ4n) is 3.00. The van der Waals surface area contributed by atoms with Crippen LogP contribution in [-0.4, -0.2) is 17.4 Å². The third-order valence-electron chi connectivity index (χ3n) is 4.27. The predicted molar refractivity (Wildman–Crippen MR) is 67.3 cm³/mol. The summed E-state index contributed by atoms with van der Waals surface area (Å²) in [6.07, 6.45) is 4.95. The first-order chi connectivity index (χ1) is 8.34. The minimum absolute atomic E-state index is 0.340. The zero-order chi connectivity index (χ0) is 11.7. The van der Waals surface area contributed by atoms with Crippen LogP contribution in [-0.2, 0) is 11.3 Å². The van der Waals surface area contributed by atoms with Crippen LogP contribution in [0.2, 0.25) is 0 Å². The number of hydrogen-bond donors (Lipinski definition) is 0. The Hall–Kier alpha value is -1.31. The molecular weight excluding hydrogens is 210 g/mol. The lowest BCUT2D eigenvalue weighted by atomic mass is 9.75. The van der Waals surface area contributed by atoms with Crippen LogP contribution in [0.5, 0.6) is 0 Å². The van der Waals surface area contributed by atoms with Gasteiger partial charge in [-0.3, -0.25) is 4.79 Å². The maximum atomic E-state index is 12.3. The average Bonchev–Trinajstić information content (AvgIpc) is 2.61. The van der Waals surface area contributed by atoms with Crippen LogP contribution in [0.1, 0.15) is 31.2 Å². The lowest BCUT2D eigenvalue weighted by molar-refractivity contribution is -0.133. The largest absolute Gasteiger partial charge is 0.338 e. The van der Waals surface area contributed by atoms with Crippen molar-refractivity contribution < 1.29 is 4.79 Å². The Morgan fingerprint density at radius 2 is 1.88 bits per heavy atom. The zero-order valence-electron chi connectivity index (χ0n) is 10.1. The number of carbonyl (C=O) groups excluding carboxylic acids is 1. The van der Waals surface area contributed by atoms with Crippen molar-refractivity contribution in [1.82, 2.24) is 4.90 Å². The molecule has 0 aromatic heterocycles. The molecule has 90 valence electrons. The topological polar surface area (TPSA) is 20.3 Å².